The molecule has 0 bridgehead atoms. The van der Waals surface area contributed by atoms with E-state index >= 15 is 0 Å². The predicted molar refractivity (Wildman–Crippen MR) is 288 cm³/mol. The van der Waals surface area contributed by atoms with Crippen LogP contribution in [0.1, 0.15) is 239 Å². The van der Waals surface area contributed by atoms with Crippen molar-refractivity contribution in [2.75, 3.05) is 13.2 Å². The molecule has 6 nitrogen and oxygen atoms in total. The van der Waals surface area contributed by atoms with Crippen LogP contribution in [0, 0.1) is 0 Å². The zero-order chi connectivity index (χ0) is 48.6. The van der Waals surface area contributed by atoms with Gasteiger partial charge in [-0.25, -0.2) is 0 Å². The number of hydrogen-bond acceptors (Lipinski definition) is 6. The van der Waals surface area contributed by atoms with Gasteiger partial charge in [0.2, 0.25) is 0 Å². The molecule has 0 heterocycles. The highest BCUT2D eigenvalue weighted by atomic mass is 16.6. The average Bonchev–Trinajstić information content (AvgIpc) is 3.33. The van der Waals surface area contributed by atoms with Crippen molar-refractivity contribution in [2.24, 2.45) is 0 Å². The van der Waals surface area contributed by atoms with E-state index in [0.29, 0.717) is 19.3 Å². The second kappa shape index (κ2) is 54.7. The molecule has 0 saturated heterocycles. The molecule has 0 aromatic carbocycles. The summed E-state index contributed by atoms with van der Waals surface area (Å²) in [6.07, 6.45) is 73.5. The van der Waals surface area contributed by atoms with Crippen LogP contribution >= 0.6 is 0 Å². The molecule has 0 saturated carbocycles. The molecular weight excluding hydrogens is 829 g/mol. The molecule has 67 heavy (non-hydrogen) atoms. The van der Waals surface area contributed by atoms with Crippen LogP contribution in [0.2, 0.25) is 0 Å². The summed E-state index contributed by atoms with van der Waals surface area (Å²) in [5.41, 5.74) is 0. The molecule has 0 N–H and O–H groups in total. The molecule has 0 aliphatic heterocycles. The Labute approximate surface area is 412 Å². The second-order valence-corrected chi connectivity index (χ2v) is 18.0. The lowest BCUT2D eigenvalue weighted by Crippen LogP contribution is -2.30. The Balaban J connectivity index is 4.46. The van der Waals surface area contributed by atoms with E-state index in [2.05, 4.69) is 57.2 Å². The molecule has 1 unspecified atom stereocenters. The van der Waals surface area contributed by atoms with Crippen molar-refractivity contribution < 1.29 is 28.6 Å². The lowest BCUT2D eigenvalue weighted by molar-refractivity contribution is -0.167. The molecule has 380 valence electrons. The minimum atomic E-state index is -0.799. The van der Waals surface area contributed by atoms with Crippen LogP contribution in [0.4, 0.5) is 0 Å². The molecule has 0 aromatic rings. The van der Waals surface area contributed by atoms with Gasteiger partial charge < -0.3 is 14.2 Å². The van der Waals surface area contributed by atoms with Gasteiger partial charge in [0.25, 0.3) is 0 Å². The zero-order valence-electron chi connectivity index (χ0n) is 43.4. The minimum Gasteiger partial charge on any atom is -0.462 e. The van der Waals surface area contributed by atoms with Crippen molar-refractivity contribution in [1.29, 1.82) is 0 Å². The van der Waals surface area contributed by atoms with Crippen LogP contribution in [-0.2, 0) is 28.6 Å². The second-order valence-electron chi connectivity index (χ2n) is 18.0. The number of unbranched alkanes of at least 4 members (excludes halogenated alkanes) is 26. The van der Waals surface area contributed by atoms with E-state index in [0.717, 1.165) is 70.6 Å². The Morgan fingerprint density at radius 2 is 0.582 bits per heavy atom. The van der Waals surface area contributed by atoms with E-state index < -0.39 is 6.10 Å². The maximum atomic E-state index is 12.8. The van der Waals surface area contributed by atoms with Gasteiger partial charge in [0.1, 0.15) is 13.2 Å². The molecule has 0 rings (SSSR count). The molecule has 0 aliphatic carbocycles. The fourth-order valence-electron chi connectivity index (χ4n) is 7.36. The van der Waals surface area contributed by atoms with Crippen LogP contribution in [0.15, 0.2) is 109 Å². The largest absolute Gasteiger partial charge is 0.462 e. The van der Waals surface area contributed by atoms with Gasteiger partial charge in [-0.05, 0) is 64.2 Å². The summed E-state index contributed by atoms with van der Waals surface area (Å²) >= 11 is 0. The fraction of sp³-hybridized carbons (Fsp3) is 0.656. The van der Waals surface area contributed by atoms with Gasteiger partial charge in [-0.2, -0.15) is 0 Å². The highest BCUT2D eigenvalue weighted by Crippen LogP contribution is 2.15. The summed E-state index contributed by atoms with van der Waals surface area (Å²) in [4.78, 5) is 38.1. The SMILES string of the molecule is CC\C=C/C=C\C=C/C=C\C=C\C=C/C=C\CCCCCC(=O)OCC(COC(=O)CCCCCCCCCCCCC)OC(=O)CCCCCCCCCCCC/C=C\C=C/CCCCC. The van der Waals surface area contributed by atoms with Gasteiger partial charge in [0.15, 0.2) is 6.10 Å². The number of allylic oxidation sites excluding steroid dienone is 18. The van der Waals surface area contributed by atoms with Crippen molar-refractivity contribution in [1.82, 2.24) is 0 Å². The molecule has 0 aromatic heterocycles. The molecule has 6 heteroatoms. The van der Waals surface area contributed by atoms with Gasteiger partial charge in [-0.15, -0.1) is 0 Å². The Morgan fingerprint density at radius 1 is 0.313 bits per heavy atom. The molecule has 0 fully saturated rings. The van der Waals surface area contributed by atoms with Gasteiger partial charge in [-0.3, -0.25) is 14.4 Å². The maximum absolute atomic E-state index is 12.8. The molecule has 0 amide bonds. The number of carbonyl (C=O) groups is 3. The Bertz CT molecular complexity index is 1390. The fourth-order valence-corrected chi connectivity index (χ4v) is 7.36. The summed E-state index contributed by atoms with van der Waals surface area (Å²) in [6, 6.07) is 0. The van der Waals surface area contributed by atoms with Crippen molar-refractivity contribution in [3.05, 3.63) is 109 Å². The normalized spacial score (nSPS) is 12.9. The highest BCUT2D eigenvalue weighted by molar-refractivity contribution is 5.71. The number of rotatable bonds is 48. The van der Waals surface area contributed by atoms with Crippen molar-refractivity contribution >= 4 is 17.9 Å². The highest BCUT2D eigenvalue weighted by Gasteiger charge is 2.19. The zero-order valence-corrected chi connectivity index (χ0v) is 43.4. The number of ether oxygens (including phenoxy) is 3. The lowest BCUT2D eigenvalue weighted by Gasteiger charge is -2.18. The first kappa shape index (κ1) is 63.1. The van der Waals surface area contributed by atoms with E-state index in [1.807, 2.05) is 72.9 Å². The summed E-state index contributed by atoms with van der Waals surface area (Å²) in [5, 5.41) is 0. The third-order valence-corrected chi connectivity index (χ3v) is 11.5. The van der Waals surface area contributed by atoms with Crippen molar-refractivity contribution in [3.8, 4) is 0 Å². The van der Waals surface area contributed by atoms with Crippen LogP contribution in [0.3, 0.4) is 0 Å². The van der Waals surface area contributed by atoms with Gasteiger partial charge in [0.05, 0.1) is 0 Å². The Hall–Kier alpha value is -3.93. The number of carbonyl (C=O) groups excluding carboxylic acids is 3. The Kier molecular flexibility index (Phi) is 51.5. The summed E-state index contributed by atoms with van der Waals surface area (Å²) in [6.45, 7) is 6.42. The topological polar surface area (TPSA) is 78.9 Å². The van der Waals surface area contributed by atoms with E-state index in [-0.39, 0.29) is 31.1 Å². The van der Waals surface area contributed by atoms with Crippen LogP contribution in [0.5, 0.6) is 0 Å². The number of esters is 3. The third-order valence-electron chi connectivity index (χ3n) is 11.5. The monoisotopic (exact) mass is 929 g/mol. The van der Waals surface area contributed by atoms with Crippen LogP contribution in [0.25, 0.3) is 0 Å². The van der Waals surface area contributed by atoms with Gasteiger partial charge in [-0.1, -0.05) is 265 Å². The average molecular weight is 929 g/mol. The molecule has 1 atom stereocenters. The van der Waals surface area contributed by atoms with Crippen LogP contribution < -0.4 is 0 Å². The first-order valence-corrected chi connectivity index (χ1v) is 27.5. The van der Waals surface area contributed by atoms with E-state index in [1.165, 1.54) is 128 Å². The van der Waals surface area contributed by atoms with E-state index in [1.54, 1.807) is 0 Å². The first-order chi connectivity index (χ1) is 33.0. The Morgan fingerprint density at radius 3 is 0.970 bits per heavy atom. The summed E-state index contributed by atoms with van der Waals surface area (Å²) in [5.74, 6) is -0.945. The van der Waals surface area contributed by atoms with Crippen molar-refractivity contribution in [2.45, 2.75) is 245 Å². The quantitative estimate of drug-likeness (QED) is 0.0262. The molecule has 0 radical (unpaired) electrons. The summed E-state index contributed by atoms with van der Waals surface area (Å²) in [7, 11) is 0. The minimum absolute atomic E-state index is 0.0943. The number of hydrogen-bond donors (Lipinski definition) is 0. The molecule has 0 aliphatic rings. The summed E-state index contributed by atoms with van der Waals surface area (Å²) < 4.78 is 16.8. The smallest absolute Gasteiger partial charge is 0.306 e. The van der Waals surface area contributed by atoms with E-state index in [9.17, 15) is 14.4 Å². The first-order valence-electron chi connectivity index (χ1n) is 27.5. The molecular formula is C61H100O6. The maximum Gasteiger partial charge on any atom is 0.306 e. The standard InChI is InChI=1S/C61H100O6/c1-4-7-10-13-16-19-22-24-26-28-30-32-34-36-39-42-45-48-51-54-60(63)66-57-58(56-65-59(62)53-50-47-44-41-38-21-18-15-12-9-6-3)67-61(64)55-52-49-46-43-40-37-35-33-31-29-27-25-23-20-17-14-11-8-5-2/h7,10,13,16-17,19-20,22-26,28,30,32,34,36,39,58H,4-6,8-9,11-12,14-15,18,21,27,29,31,33,35,37-38,40-57H2,1-3H3/b10-7-,16-13-,20-17-,22-19-,25-23-,26-24-,30-28+,34-32-,39-36-. The van der Waals surface area contributed by atoms with Crippen molar-refractivity contribution in [3.63, 3.8) is 0 Å². The third kappa shape index (κ3) is 52.9. The van der Waals surface area contributed by atoms with E-state index in [4.69, 9.17) is 14.2 Å². The van der Waals surface area contributed by atoms with Crippen LogP contribution in [-0.4, -0.2) is 37.2 Å². The van der Waals surface area contributed by atoms with Gasteiger partial charge >= 0.3 is 17.9 Å². The predicted octanol–water partition coefficient (Wildman–Crippen LogP) is 18.3. The van der Waals surface area contributed by atoms with Gasteiger partial charge in [0, 0.05) is 19.3 Å². The lowest BCUT2D eigenvalue weighted by atomic mass is 10.1. The molecule has 0 spiro atoms.